The molecular formula is C15H14F2N4O2. The van der Waals surface area contributed by atoms with E-state index in [1.165, 1.54) is 18.2 Å². The van der Waals surface area contributed by atoms with E-state index < -0.39 is 11.6 Å². The number of hydrogen-bond acceptors (Lipinski definition) is 5. The Balaban J connectivity index is 1.70. The van der Waals surface area contributed by atoms with Crippen molar-refractivity contribution in [1.82, 2.24) is 15.1 Å². The summed E-state index contributed by atoms with van der Waals surface area (Å²) in [4.78, 5) is 13.8. The molecule has 120 valence electrons. The summed E-state index contributed by atoms with van der Waals surface area (Å²) in [6.07, 6.45) is 0. The lowest BCUT2D eigenvalue weighted by atomic mass is 10.3. The summed E-state index contributed by atoms with van der Waals surface area (Å²) in [6, 6.07) is 6.19. The number of ether oxygens (including phenoxy) is 1. The summed E-state index contributed by atoms with van der Waals surface area (Å²) in [7, 11) is 0. The van der Waals surface area contributed by atoms with Gasteiger partial charge in [-0.1, -0.05) is 0 Å². The lowest BCUT2D eigenvalue weighted by molar-refractivity contribution is 0.0298. The predicted molar refractivity (Wildman–Crippen MR) is 78.4 cm³/mol. The zero-order valence-electron chi connectivity index (χ0n) is 12.1. The molecule has 2 heterocycles. The first kappa shape index (κ1) is 15.3. The van der Waals surface area contributed by atoms with Crippen LogP contribution < -0.4 is 5.32 Å². The van der Waals surface area contributed by atoms with Crippen LogP contribution in [0.25, 0.3) is 0 Å². The molecule has 0 aliphatic carbocycles. The molecule has 1 aromatic carbocycles. The largest absolute Gasteiger partial charge is 0.378 e. The number of anilines is 2. The third-order valence-corrected chi connectivity index (χ3v) is 3.38. The second-order valence-electron chi connectivity index (χ2n) is 4.96. The zero-order valence-corrected chi connectivity index (χ0v) is 12.1. The van der Waals surface area contributed by atoms with E-state index in [4.69, 9.17) is 4.74 Å². The molecule has 1 saturated heterocycles. The Morgan fingerprint density at radius 2 is 1.91 bits per heavy atom. The number of nitrogens with one attached hydrogen (secondary N) is 1. The van der Waals surface area contributed by atoms with Crippen LogP contribution in [-0.2, 0) is 4.74 Å². The number of aromatic nitrogens is 2. The van der Waals surface area contributed by atoms with E-state index in [9.17, 15) is 13.6 Å². The smallest absolute Gasteiger partial charge is 0.274 e. The molecule has 8 heteroatoms. The number of hydrogen-bond donors (Lipinski definition) is 1. The van der Waals surface area contributed by atoms with Crippen LogP contribution in [-0.4, -0.2) is 47.3 Å². The highest BCUT2D eigenvalue weighted by Gasteiger charge is 2.20. The molecule has 1 fully saturated rings. The lowest BCUT2D eigenvalue weighted by Crippen LogP contribution is -2.41. The highest BCUT2D eigenvalue weighted by molar-refractivity contribution is 5.92. The molecule has 1 N–H and O–H groups in total. The maximum absolute atomic E-state index is 13.6. The van der Waals surface area contributed by atoms with E-state index in [2.05, 4.69) is 15.5 Å². The summed E-state index contributed by atoms with van der Waals surface area (Å²) in [5.74, 6) is -1.36. The highest BCUT2D eigenvalue weighted by atomic mass is 19.1. The fourth-order valence-electron chi connectivity index (χ4n) is 2.17. The summed E-state index contributed by atoms with van der Waals surface area (Å²) in [6.45, 7) is 2.04. The molecule has 0 saturated carbocycles. The quantitative estimate of drug-likeness (QED) is 0.936. The Labute approximate surface area is 131 Å². The Morgan fingerprint density at radius 1 is 1.13 bits per heavy atom. The number of carbonyl (C=O) groups excluding carboxylic acids is 1. The van der Waals surface area contributed by atoms with Crippen LogP contribution in [0.1, 0.15) is 10.5 Å². The Morgan fingerprint density at radius 3 is 2.57 bits per heavy atom. The van der Waals surface area contributed by atoms with Gasteiger partial charge in [-0.2, -0.15) is 0 Å². The maximum atomic E-state index is 13.6. The van der Waals surface area contributed by atoms with E-state index in [0.29, 0.717) is 26.3 Å². The number of amides is 1. The molecule has 1 aliphatic rings. The first-order chi connectivity index (χ1) is 11.1. The molecule has 1 amide bonds. The molecule has 0 radical (unpaired) electrons. The third-order valence-electron chi connectivity index (χ3n) is 3.38. The molecule has 0 bridgehead atoms. The van der Waals surface area contributed by atoms with Crippen LogP contribution in [0.3, 0.4) is 0 Å². The van der Waals surface area contributed by atoms with Gasteiger partial charge in [0.15, 0.2) is 11.5 Å². The number of benzene rings is 1. The van der Waals surface area contributed by atoms with Crippen molar-refractivity contribution in [3.63, 3.8) is 0 Å². The minimum atomic E-state index is -0.736. The van der Waals surface area contributed by atoms with E-state index in [-0.39, 0.29) is 23.1 Å². The maximum Gasteiger partial charge on any atom is 0.274 e. The highest BCUT2D eigenvalue weighted by Crippen LogP contribution is 2.19. The molecule has 0 atom stereocenters. The number of rotatable bonds is 3. The summed E-state index contributed by atoms with van der Waals surface area (Å²) in [5, 5.41) is 10.4. The van der Waals surface area contributed by atoms with Crippen molar-refractivity contribution in [2.24, 2.45) is 0 Å². The molecule has 3 rings (SSSR count). The SMILES string of the molecule is O=C(c1ccc(Nc2ccc(F)cc2F)nn1)N1CCOCC1. The second-order valence-corrected chi connectivity index (χ2v) is 4.96. The van der Waals surface area contributed by atoms with Crippen molar-refractivity contribution >= 4 is 17.4 Å². The molecular weight excluding hydrogens is 306 g/mol. The first-order valence-corrected chi connectivity index (χ1v) is 7.06. The lowest BCUT2D eigenvalue weighted by Gasteiger charge is -2.26. The minimum Gasteiger partial charge on any atom is -0.378 e. The van der Waals surface area contributed by atoms with Gasteiger partial charge in [-0.05, 0) is 24.3 Å². The van der Waals surface area contributed by atoms with Crippen molar-refractivity contribution in [1.29, 1.82) is 0 Å². The number of carbonyl (C=O) groups is 1. The monoisotopic (exact) mass is 320 g/mol. The standard InChI is InChI=1S/C15H14F2N4O2/c16-10-1-2-12(11(17)9-10)18-14-4-3-13(19-20-14)15(22)21-5-7-23-8-6-21/h1-4,9H,5-8H2,(H,18,20). The van der Waals surface area contributed by atoms with Gasteiger partial charge in [0, 0.05) is 19.2 Å². The molecule has 6 nitrogen and oxygen atoms in total. The van der Waals surface area contributed by atoms with Gasteiger partial charge in [0.2, 0.25) is 0 Å². The zero-order chi connectivity index (χ0) is 16.2. The van der Waals surface area contributed by atoms with Crippen LogP contribution in [0, 0.1) is 11.6 Å². The van der Waals surface area contributed by atoms with Gasteiger partial charge >= 0.3 is 0 Å². The van der Waals surface area contributed by atoms with Gasteiger partial charge in [-0.25, -0.2) is 8.78 Å². The van der Waals surface area contributed by atoms with Gasteiger partial charge in [0.25, 0.3) is 5.91 Å². The molecule has 1 aliphatic heterocycles. The van der Waals surface area contributed by atoms with Crippen LogP contribution in [0.5, 0.6) is 0 Å². The molecule has 0 unspecified atom stereocenters. The normalized spacial score (nSPS) is 14.6. The van der Waals surface area contributed by atoms with Crippen molar-refractivity contribution in [3.05, 3.63) is 47.7 Å². The summed E-state index contributed by atoms with van der Waals surface area (Å²) in [5.41, 5.74) is 0.282. The van der Waals surface area contributed by atoms with E-state index >= 15 is 0 Å². The van der Waals surface area contributed by atoms with Crippen molar-refractivity contribution < 1.29 is 18.3 Å². The first-order valence-electron chi connectivity index (χ1n) is 7.06. The number of halogens is 2. The van der Waals surface area contributed by atoms with E-state index in [1.54, 1.807) is 4.90 Å². The number of nitrogens with zero attached hydrogens (tertiary/aromatic N) is 3. The van der Waals surface area contributed by atoms with Gasteiger partial charge in [0.1, 0.15) is 11.6 Å². The average Bonchev–Trinajstić information content (AvgIpc) is 2.58. The van der Waals surface area contributed by atoms with E-state index in [1.807, 2.05) is 0 Å². The topological polar surface area (TPSA) is 67.4 Å². The molecule has 23 heavy (non-hydrogen) atoms. The molecule has 1 aromatic heterocycles. The van der Waals surface area contributed by atoms with Crippen molar-refractivity contribution in [2.45, 2.75) is 0 Å². The fraction of sp³-hybridized carbons (Fsp3) is 0.267. The summed E-state index contributed by atoms with van der Waals surface area (Å²) >= 11 is 0. The summed E-state index contributed by atoms with van der Waals surface area (Å²) < 4.78 is 31.6. The van der Waals surface area contributed by atoms with Crippen molar-refractivity contribution in [3.8, 4) is 0 Å². The second kappa shape index (κ2) is 6.66. The van der Waals surface area contributed by atoms with Gasteiger partial charge in [-0.3, -0.25) is 4.79 Å². The minimum absolute atomic E-state index is 0.0768. The van der Waals surface area contributed by atoms with Crippen LogP contribution in [0.2, 0.25) is 0 Å². The molecule has 2 aromatic rings. The van der Waals surface area contributed by atoms with Crippen LogP contribution in [0.15, 0.2) is 30.3 Å². The molecule has 0 spiro atoms. The predicted octanol–water partition coefficient (Wildman–Crippen LogP) is 1.97. The Kier molecular flexibility index (Phi) is 4.42. The number of morpholine rings is 1. The Hall–Kier alpha value is -2.61. The van der Waals surface area contributed by atoms with Crippen LogP contribution in [0.4, 0.5) is 20.3 Å². The Bertz CT molecular complexity index is 703. The van der Waals surface area contributed by atoms with Crippen LogP contribution >= 0.6 is 0 Å². The van der Waals surface area contributed by atoms with Gasteiger partial charge in [0.05, 0.1) is 18.9 Å². The third kappa shape index (κ3) is 3.59. The van der Waals surface area contributed by atoms with E-state index in [0.717, 1.165) is 12.1 Å². The fourth-order valence-corrected chi connectivity index (χ4v) is 2.17. The van der Waals surface area contributed by atoms with Gasteiger partial charge < -0.3 is 15.0 Å². The average molecular weight is 320 g/mol. The van der Waals surface area contributed by atoms with Crippen molar-refractivity contribution in [2.75, 3.05) is 31.6 Å². The van der Waals surface area contributed by atoms with Gasteiger partial charge in [-0.15, -0.1) is 10.2 Å².